The predicted molar refractivity (Wildman–Crippen MR) is 78.2 cm³/mol. The molecule has 0 atom stereocenters. The third kappa shape index (κ3) is 3.09. The van der Waals surface area contributed by atoms with E-state index >= 15 is 0 Å². The molecule has 0 fully saturated rings. The molecule has 0 radical (unpaired) electrons. The lowest BCUT2D eigenvalue weighted by molar-refractivity contribution is -0.117. The number of likely N-dealkylation sites (N-methyl/N-ethyl adjacent to an activating group) is 1. The van der Waals surface area contributed by atoms with Crippen molar-refractivity contribution in [3.05, 3.63) is 54.1 Å². The SMILES string of the molecule is COc1ccccc1CC(=O)N(C)c1ccc(O)cc1. The number of phenols is 1. The minimum atomic E-state index is -0.0415. The van der Waals surface area contributed by atoms with Crippen LogP contribution in [0.3, 0.4) is 0 Å². The van der Waals surface area contributed by atoms with Gasteiger partial charge in [-0.2, -0.15) is 0 Å². The van der Waals surface area contributed by atoms with E-state index in [1.165, 1.54) is 0 Å². The predicted octanol–water partition coefficient (Wildman–Crippen LogP) is 2.61. The van der Waals surface area contributed by atoms with Crippen LogP contribution in [0.15, 0.2) is 48.5 Å². The fraction of sp³-hybridized carbons (Fsp3) is 0.188. The molecule has 0 aliphatic carbocycles. The van der Waals surface area contributed by atoms with Crippen LogP contribution in [0.25, 0.3) is 0 Å². The van der Waals surface area contributed by atoms with Crippen molar-refractivity contribution in [3.63, 3.8) is 0 Å². The van der Waals surface area contributed by atoms with Crippen molar-refractivity contribution in [2.24, 2.45) is 0 Å². The third-order valence-electron chi connectivity index (χ3n) is 3.15. The summed E-state index contributed by atoms with van der Waals surface area (Å²) in [4.78, 5) is 13.8. The van der Waals surface area contributed by atoms with E-state index in [1.54, 1.807) is 43.3 Å². The van der Waals surface area contributed by atoms with Gasteiger partial charge < -0.3 is 14.7 Å². The van der Waals surface area contributed by atoms with Crippen LogP contribution in [-0.4, -0.2) is 25.2 Å². The summed E-state index contributed by atoms with van der Waals surface area (Å²) in [6, 6.07) is 14.0. The third-order valence-corrected chi connectivity index (χ3v) is 3.15. The molecule has 0 spiro atoms. The zero-order chi connectivity index (χ0) is 14.5. The summed E-state index contributed by atoms with van der Waals surface area (Å²) in [5, 5.41) is 9.26. The number of ether oxygens (including phenoxy) is 1. The Hall–Kier alpha value is -2.49. The number of hydrogen-bond donors (Lipinski definition) is 1. The number of hydrogen-bond acceptors (Lipinski definition) is 3. The lowest BCUT2D eigenvalue weighted by Crippen LogP contribution is -2.27. The first-order valence-electron chi connectivity index (χ1n) is 6.29. The zero-order valence-electron chi connectivity index (χ0n) is 11.5. The molecule has 4 nitrogen and oxygen atoms in total. The van der Waals surface area contributed by atoms with Gasteiger partial charge in [0, 0.05) is 18.3 Å². The highest BCUT2D eigenvalue weighted by atomic mass is 16.5. The summed E-state index contributed by atoms with van der Waals surface area (Å²) in [6.45, 7) is 0. The highest BCUT2D eigenvalue weighted by molar-refractivity contribution is 5.94. The molecule has 4 heteroatoms. The number of anilines is 1. The van der Waals surface area contributed by atoms with Gasteiger partial charge >= 0.3 is 0 Å². The second-order valence-corrected chi connectivity index (χ2v) is 4.46. The molecular weight excluding hydrogens is 254 g/mol. The molecule has 20 heavy (non-hydrogen) atoms. The van der Waals surface area contributed by atoms with Crippen LogP contribution in [0, 0.1) is 0 Å². The van der Waals surface area contributed by atoms with Crippen LogP contribution in [0.2, 0.25) is 0 Å². The molecule has 0 saturated heterocycles. The number of aromatic hydroxyl groups is 1. The van der Waals surface area contributed by atoms with Crippen molar-refractivity contribution in [2.45, 2.75) is 6.42 Å². The first-order chi connectivity index (χ1) is 9.61. The molecule has 0 saturated carbocycles. The van der Waals surface area contributed by atoms with Gasteiger partial charge in [-0.25, -0.2) is 0 Å². The van der Waals surface area contributed by atoms with Crippen LogP contribution in [-0.2, 0) is 11.2 Å². The van der Waals surface area contributed by atoms with E-state index in [0.29, 0.717) is 5.75 Å². The molecule has 0 aliphatic heterocycles. The number of para-hydroxylation sites is 1. The maximum Gasteiger partial charge on any atom is 0.231 e. The Bertz CT molecular complexity index is 593. The van der Waals surface area contributed by atoms with E-state index in [0.717, 1.165) is 11.3 Å². The Balaban J connectivity index is 2.13. The van der Waals surface area contributed by atoms with E-state index < -0.39 is 0 Å². The van der Waals surface area contributed by atoms with Gasteiger partial charge in [0.25, 0.3) is 0 Å². The number of rotatable bonds is 4. The highest BCUT2D eigenvalue weighted by Crippen LogP contribution is 2.21. The molecule has 0 bridgehead atoms. The van der Waals surface area contributed by atoms with Gasteiger partial charge in [-0.05, 0) is 30.3 Å². The van der Waals surface area contributed by atoms with Gasteiger partial charge in [-0.3, -0.25) is 4.79 Å². The number of phenolic OH excluding ortho intramolecular Hbond substituents is 1. The van der Waals surface area contributed by atoms with Gasteiger partial charge in [0.2, 0.25) is 5.91 Å². The fourth-order valence-electron chi connectivity index (χ4n) is 1.95. The normalized spacial score (nSPS) is 10.1. The number of nitrogens with zero attached hydrogens (tertiary/aromatic N) is 1. The largest absolute Gasteiger partial charge is 0.508 e. The van der Waals surface area contributed by atoms with Crippen LogP contribution in [0.4, 0.5) is 5.69 Å². The Kier molecular flexibility index (Phi) is 4.25. The van der Waals surface area contributed by atoms with Crippen LogP contribution >= 0.6 is 0 Å². The van der Waals surface area contributed by atoms with Gasteiger partial charge in [0.1, 0.15) is 11.5 Å². The van der Waals surface area contributed by atoms with Crippen molar-refractivity contribution < 1.29 is 14.6 Å². The number of carbonyl (C=O) groups excluding carboxylic acids is 1. The molecular formula is C16H17NO3. The summed E-state index contributed by atoms with van der Waals surface area (Å²) >= 11 is 0. The van der Waals surface area contributed by atoms with Crippen molar-refractivity contribution >= 4 is 11.6 Å². The van der Waals surface area contributed by atoms with Crippen LogP contribution in [0.1, 0.15) is 5.56 Å². The minimum Gasteiger partial charge on any atom is -0.508 e. The quantitative estimate of drug-likeness (QED) is 0.930. The van der Waals surface area contributed by atoms with Gasteiger partial charge in [-0.15, -0.1) is 0 Å². The van der Waals surface area contributed by atoms with E-state index in [1.807, 2.05) is 24.3 Å². The maximum atomic E-state index is 12.3. The van der Waals surface area contributed by atoms with E-state index in [2.05, 4.69) is 0 Å². The summed E-state index contributed by atoms with van der Waals surface area (Å²) in [7, 11) is 3.30. The smallest absolute Gasteiger partial charge is 0.231 e. The molecule has 104 valence electrons. The minimum absolute atomic E-state index is 0.0415. The molecule has 0 aromatic heterocycles. The average molecular weight is 271 g/mol. The second-order valence-electron chi connectivity index (χ2n) is 4.46. The fourth-order valence-corrected chi connectivity index (χ4v) is 1.95. The Morgan fingerprint density at radius 3 is 2.45 bits per heavy atom. The monoisotopic (exact) mass is 271 g/mol. The highest BCUT2D eigenvalue weighted by Gasteiger charge is 2.14. The first kappa shape index (κ1) is 13.9. The topological polar surface area (TPSA) is 49.8 Å². The summed E-state index contributed by atoms with van der Waals surface area (Å²) in [5.41, 5.74) is 1.59. The van der Waals surface area contributed by atoms with Crippen LogP contribution < -0.4 is 9.64 Å². The summed E-state index contributed by atoms with van der Waals surface area (Å²) < 4.78 is 5.24. The standard InChI is InChI=1S/C16H17NO3/c1-17(13-7-9-14(18)10-8-13)16(19)11-12-5-3-4-6-15(12)20-2/h3-10,18H,11H2,1-2H3. The van der Waals surface area contributed by atoms with E-state index in [-0.39, 0.29) is 18.1 Å². The molecule has 1 amide bonds. The molecule has 1 N–H and O–H groups in total. The second kappa shape index (κ2) is 6.10. The molecule has 0 heterocycles. The number of benzene rings is 2. The summed E-state index contributed by atoms with van der Waals surface area (Å²) in [6.07, 6.45) is 0.265. The molecule has 2 rings (SSSR count). The lowest BCUT2D eigenvalue weighted by Gasteiger charge is -2.18. The summed E-state index contributed by atoms with van der Waals surface area (Å²) in [5.74, 6) is 0.847. The first-order valence-corrected chi connectivity index (χ1v) is 6.29. The number of methoxy groups -OCH3 is 1. The Morgan fingerprint density at radius 2 is 1.80 bits per heavy atom. The number of carbonyl (C=O) groups is 1. The Morgan fingerprint density at radius 1 is 1.15 bits per heavy atom. The van der Waals surface area contributed by atoms with Crippen molar-refractivity contribution in [1.29, 1.82) is 0 Å². The Labute approximate surface area is 118 Å². The van der Waals surface area contributed by atoms with Gasteiger partial charge in [-0.1, -0.05) is 18.2 Å². The van der Waals surface area contributed by atoms with Crippen LogP contribution in [0.5, 0.6) is 11.5 Å². The molecule has 0 unspecified atom stereocenters. The van der Waals surface area contributed by atoms with Crippen molar-refractivity contribution in [3.8, 4) is 11.5 Å². The maximum absolute atomic E-state index is 12.3. The average Bonchev–Trinajstić information content (AvgIpc) is 2.48. The van der Waals surface area contributed by atoms with E-state index in [9.17, 15) is 9.90 Å². The number of amides is 1. The van der Waals surface area contributed by atoms with Gasteiger partial charge in [0.15, 0.2) is 0 Å². The molecule has 2 aromatic rings. The van der Waals surface area contributed by atoms with Gasteiger partial charge in [0.05, 0.1) is 13.5 Å². The zero-order valence-corrected chi connectivity index (χ0v) is 11.5. The lowest BCUT2D eigenvalue weighted by atomic mass is 10.1. The van der Waals surface area contributed by atoms with Crippen molar-refractivity contribution in [1.82, 2.24) is 0 Å². The van der Waals surface area contributed by atoms with E-state index in [4.69, 9.17) is 4.74 Å². The van der Waals surface area contributed by atoms with Crippen molar-refractivity contribution in [2.75, 3.05) is 19.1 Å². The molecule has 2 aromatic carbocycles. The molecule has 0 aliphatic rings.